The van der Waals surface area contributed by atoms with E-state index in [1.165, 1.54) is 4.90 Å². The third kappa shape index (κ3) is 12.4. The molecule has 2 aliphatic rings. The van der Waals surface area contributed by atoms with Gasteiger partial charge in [-0.25, -0.2) is 4.79 Å². The summed E-state index contributed by atoms with van der Waals surface area (Å²) in [5.74, 6) is -0.668. The zero-order chi connectivity index (χ0) is 24.8. The van der Waals surface area contributed by atoms with Crippen LogP contribution in [-0.4, -0.2) is 52.3 Å². The summed E-state index contributed by atoms with van der Waals surface area (Å²) in [5.41, 5.74) is 3.68. The molecule has 0 aromatic heterocycles. The van der Waals surface area contributed by atoms with Crippen LogP contribution in [0.5, 0.6) is 0 Å². The summed E-state index contributed by atoms with van der Waals surface area (Å²) in [6.07, 6.45) is -3.22. The van der Waals surface area contributed by atoms with Gasteiger partial charge in [0.25, 0.3) is 0 Å². The molecule has 182 valence electrons. The van der Waals surface area contributed by atoms with Crippen molar-refractivity contribution in [3.05, 3.63) is 0 Å². The lowest BCUT2D eigenvalue weighted by atomic mass is 9.91. The fourth-order valence-corrected chi connectivity index (χ4v) is 3.32. The fraction of sp³-hybridized carbons (Fsp3) is 0.857. The van der Waals surface area contributed by atoms with Crippen molar-refractivity contribution in [3.8, 4) is 0 Å². The average Bonchev–Trinajstić information content (AvgIpc) is 2.90. The minimum absolute atomic E-state index is 0.0198. The Hall–Kier alpha value is -2.00. The first-order valence-corrected chi connectivity index (χ1v) is 10.3. The second-order valence-electron chi connectivity index (χ2n) is 10.1. The van der Waals surface area contributed by atoms with Gasteiger partial charge in [-0.2, -0.15) is 13.2 Å². The zero-order valence-corrected chi connectivity index (χ0v) is 19.5. The molecule has 0 aromatic carbocycles. The largest absolute Gasteiger partial charge is 0.481 e. The maximum atomic E-state index is 12.2. The Morgan fingerprint density at radius 3 is 1.87 bits per heavy atom. The van der Waals surface area contributed by atoms with Crippen molar-refractivity contribution in [1.82, 2.24) is 4.90 Å². The van der Waals surface area contributed by atoms with Crippen LogP contribution in [0.15, 0.2) is 0 Å². The number of carboxylic acid groups (broad SMARTS) is 1. The van der Waals surface area contributed by atoms with Crippen molar-refractivity contribution in [1.29, 1.82) is 0 Å². The number of hydrogen-bond acceptors (Lipinski definition) is 4. The molecule has 1 aliphatic heterocycles. The monoisotopic (exact) mass is 454 g/mol. The standard InChI is InChI=1S/C11H16F3NO.C5H11NO2.C5H10O2/c1-7-9-3-2-8(4-9)6-15(7)10(16)5-11(12,13)14;1-5(2,3)8-4(6)7;1-5(2,3)4(6)7/h7-9H,2-6H2,1H3;1-3H3,(H2,6,7);1-3H3,(H,6,7)/t7?,8?,9-;;/m1../s1. The van der Waals surface area contributed by atoms with Crippen LogP contribution < -0.4 is 5.73 Å². The normalized spacial score (nSPS) is 23.0. The quantitative estimate of drug-likeness (QED) is 0.602. The highest BCUT2D eigenvalue weighted by atomic mass is 19.4. The van der Waals surface area contributed by atoms with E-state index in [-0.39, 0.29) is 6.04 Å². The maximum Gasteiger partial charge on any atom is 0.405 e. The van der Waals surface area contributed by atoms with E-state index in [2.05, 4.69) is 4.74 Å². The Bertz CT molecular complexity index is 624. The summed E-state index contributed by atoms with van der Waals surface area (Å²) in [6.45, 7) is 12.7. The predicted molar refractivity (Wildman–Crippen MR) is 110 cm³/mol. The van der Waals surface area contributed by atoms with Crippen LogP contribution in [0, 0.1) is 17.3 Å². The molecule has 3 N–H and O–H groups in total. The van der Waals surface area contributed by atoms with E-state index in [1.54, 1.807) is 41.5 Å². The van der Waals surface area contributed by atoms with Crippen molar-refractivity contribution in [2.75, 3.05) is 6.54 Å². The molecule has 0 aromatic rings. The first-order chi connectivity index (χ1) is 13.7. The number of halogens is 3. The number of rotatable bonds is 1. The highest BCUT2D eigenvalue weighted by Crippen LogP contribution is 2.40. The van der Waals surface area contributed by atoms with Gasteiger partial charge in [0.15, 0.2) is 0 Å². The van der Waals surface area contributed by atoms with Gasteiger partial charge in [-0.15, -0.1) is 0 Å². The number of hydrogen-bond donors (Lipinski definition) is 2. The second kappa shape index (κ2) is 11.0. The smallest absolute Gasteiger partial charge is 0.405 e. The van der Waals surface area contributed by atoms with Crippen molar-refractivity contribution < 1.29 is 37.4 Å². The molecule has 2 rings (SSSR count). The van der Waals surface area contributed by atoms with Crippen LogP contribution >= 0.6 is 0 Å². The van der Waals surface area contributed by atoms with E-state index < -0.39 is 41.6 Å². The molecule has 2 fully saturated rings. The van der Waals surface area contributed by atoms with Gasteiger partial charge in [-0.05, 0) is 79.6 Å². The molecule has 0 radical (unpaired) electrons. The number of fused-ring (bicyclic) bond motifs is 2. The van der Waals surface area contributed by atoms with Crippen LogP contribution in [0.3, 0.4) is 0 Å². The van der Waals surface area contributed by atoms with Crippen molar-refractivity contribution in [2.24, 2.45) is 23.0 Å². The van der Waals surface area contributed by atoms with Crippen LogP contribution in [0.4, 0.5) is 18.0 Å². The van der Waals surface area contributed by atoms with Crippen molar-refractivity contribution in [3.63, 3.8) is 0 Å². The molecule has 2 bridgehead atoms. The number of primary amides is 1. The Morgan fingerprint density at radius 1 is 1.06 bits per heavy atom. The molecule has 2 amide bonds. The number of carboxylic acids is 1. The summed E-state index contributed by atoms with van der Waals surface area (Å²) in [5, 5.41) is 8.25. The molecule has 3 atom stereocenters. The summed E-state index contributed by atoms with van der Waals surface area (Å²) in [6, 6.07) is -0.0198. The van der Waals surface area contributed by atoms with Gasteiger partial charge in [-0.1, -0.05) is 0 Å². The van der Waals surface area contributed by atoms with E-state index in [4.69, 9.17) is 10.8 Å². The molecule has 1 heterocycles. The number of piperidine rings is 1. The number of aliphatic carboxylic acids is 1. The van der Waals surface area contributed by atoms with Gasteiger partial charge in [0, 0.05) is 12.6 Å². The number of nitrogens with zero attached hydrogens (tertiary/aromatic N) is 1. The lowest BCUT2D eigenvalue weighted by Gasteiger charge is -2.38. The minimum atomic E-state index is -4.38. The summed E-state index contributed by atoms with van der Waals surface area (Å²) in [4.78, 5) is 33.0. The molecule has 0 spiro atoms. The topological polar surface area (TPSA) is 110 Å². The van der Waals surface area contributed by atoms with Gasteiger partial charge in [0.05, 0.1) is 5.41 Å². The molecular weight excluding hydrogens is 417 g/mol. The number of alkyl halides is 3. The predicted octanol–water partition coefficient (Wildman–Crippen LogP) is 4.58. The number of amides is 2. The van der Waals surface area contributed by atoms with Crippen molar-refractivity contribution >= 4 is 18.0 Å². The lowest BCUT2D eigenvalue weighted by molar-refractivity contribution is -0.165. The Balaban J connectivity index is 0.000000506. The first-order valence-electron chi connectivity index (χ1n) is 10.3. The second-order valence-corrected chi connectivity index (χ2v) is 10.1. The Labute approximate surface area is 182 Å². The van der Waals surface area contributed by atoms with Gasteiger partial charge in [-0.3, -0.25) is 9.59 Å². The highest BCUT2D eigenvalue weighted by Gasteiger charge is 2.42. The maximum absolute atomic E-state index is 12.2. The van der Waals surface area contributed by atoms with E-state index in [0.29, 0.717) is 18.4 Å². The van der Waals surface area contributed by atoms with E-state index in [1.807, 2.05) is 6.92 Å². The van der Waals surface area contributed by atoms with Gasteiger partial charge < -0.3 is 20.5 Å². The third-order valence-corrected chi connectivity index (χ3v) is 4.93. The third-order valence-electron chi connectivity index (χ3n) is 4.93. The number of nitrogens with two attached hydrogens (primary N) is 1. The summed E-state index contributed by atoms with van der Waals surface area (Å²) in [7, 11) is 0. The number of likely N-dealkylation sites (tertiary alicyclic amines) is 1. The highest BCUT2D eigenvalue weighted by molar-refractivity contribution is 5.77. The number of ether oxygens (including phenoxy) is 1. The van der Waals surface area contributed by atoms with E-state index in [0.717, 1.165) is 19.3 Å². The number of carbonyl (C=O) groups excluding carboxylic acids is 2. The van der Waals surface area contributed by atoms with Gasteiger partial charge >= 0.3 is 18.2 Å². The zero-order valence-electron chi connectivity index (χ0n) is 19.5. The molecule has 2 unspecified atom stereocenters. The molecule has 1 saturated carbocycles. The summed E-state index contributed by atoms with van der Waals surface area (Å²) >= 11 is 0. The molecule has 1 aliphatic carbocycles. The fourth-order valence-electron chi connectivity index (χ4n) is 3.32. The molecule has 7 nitrogen and oxygen atoms in total. The lowest BCUT2D eigenvalue weighted by Crippen LogP contribution is -2.48. The van der Waals surface area contributed by atoms with Crippen molar-refractivity contribution in [2.45, 2.75) is 92.0 Å². The van der Waals surface area contributed by atoms with Crippen LogP contribution in [0.2, 0.25) is 0 Å². The molecular formula is C21H37F3N2O5. The van der Waals surface area contributed by atoms with E-state index in [9.17, 15) is 27.6 Å². The first kappa shape index (κ1) is 29.0. The molecule has 10 heteroatoms. The van der Waals surface area contributed by atoms with Crippen LogP contribution in [-0.2, 0) is 14.3 Å². The van der Waals surface area contributed by atoms with Gasteiger partial charge in [0.1, 0.15) is 12.0 Å². The molecule has 31 heavy (non-hydrogen) atoms. The average molecular weight is 455 g/mol. The van der Waals surface area contributed by atoms with Crippen LogP contribution in [0.25, 0.3) is 0 Å². The van der Waals surface area contributed by atoms with E-state index >= 15 is 0 Å². The SMILES string of the molecule is CC(C)(C)C(=O)O.CC(C)(C)OC(N)=O.CC1[C@@H]2CCC(C2)CN1C(=O)CC(F)(F)F. The number of carbonyl (C=O) groups is 3. The Kier molecular flexibility index (Phi) is 10.3. The molecule has 1 saturated heterocycles. The minimum Gasteiger partial charge on any atom is -0.481 e. The van der Waals surface area contributed by atoms with Crippen LogP contribution in [0.1, 0.15) is 74.1 Å². The summed E-state index contributed by atoms with van der Waals surface area (Å²) < 4.78 is 41.0. The van der Waals surface area contributed by atoms with Gasteiger partial charge in [0.2, 0.25) is 5.91 Å². The Morgan fingerprint density at radius 2 is 1.55 bits per heavy atom.